The highest BCUT2D eigenvalue weighted by Gasteiger charge is 2.14. The van der Waals surface area contributed by atoms with Gasteiger partial charge in [0.1, 0.15) is 11.9 Å². The topological polar surface area (TPSA) is 49.3 Å². The van der Waals surface area contributed by atoms with Gasteiger partial charge in [-0.1, -0.05) is 22.9 Å². The third-order valence-corrected chi connectivity index (χ3v) is 2.37. The molecule has 2 N–H and O–H groups in total. The average molecular weight is 276 g/mol. The fourth-order valence-electron chi connectivity index (χ4n) is 1.18. The highest BCUT2D eigenvalue weighted by Crippen LogP contribution is 2.19. The molecular formula is C10H11BrFNO2. The van der Waals surface area contributed by atoms with Gasteiger partial charge < -0.3 is 10.4 Å². The van der Waals surface area contributed by atoms with Gasteiger partial charge in [0.2, 0.25) is 0 Å². The van der Waals surface area contributed by atoms with Crippen molar-refractivity contribution >= 4 is 27.6 Å². The average Bonchev–Trinajstić information content (AvgIpc) is 2.12. The summed E-state index contributed by atoms with van der Waals surface area (Å²) in [7, 11) is 0. The number of halogens is 2. The van der Waals surface area contributed by atoms with E-state index in [-0.39, 0.29) is 0 Å². The van der Waals surface area contributed by atoms with Crippen LogP contribution in [0.4, 0.5) is 10.1 Å². The standard InChI is InChI=1S/C10H11BrFNO2/c1-2-9(10(14)15)13-8-4-6(11)3-7(12)5-8/h3-5,9,13H,2H2,1H3,(H,14,15). The van der Waals surface area contributed by atoms with Gasteiger partial charge in [0.25, 0.3) is 0 Å². The van der Waals surface area contributed by atoms with E-state index in [1.165, 1.54) is 12.1 Å². The Morgan fingerprint density at radius 3 is 2.73 bits per heavy atom. The number of carbonyl (C=O) groups is 1. The normalized spacial score (nSPS) is 12.2. The molecule has 1 aromatic rings. The molecule has 3 nitrogen and oxygen atoms in total. The van der Waals surface area contributed by atoms with Gasteiger partial charge in [-0.3, -0.25) is 0 Å². The van der Waals surface area contributed by atoms with E-state index < -0.39 is 17.8 Å². The Bertz CT molecular complexity index is 350. The van der Waals surface area contributed by atoms with Crippen LogP contribution in [0.25, 0.3) is 0 Å². The Morgan fingerprint density at radius 2 is 2.27 bits per heavy atom. The molecule has 0 aliphatic heterocycles. The first-order valence-electron chi connectivity index (χ1n) is 4.48. The molecule has 0 amide bonds. The summed E-state index contributed by atoms with van der Waals surface area (Å²) in [6.45, 7) is 1.75. The minimum Gasteiger partial charge on any atom is -0.480 e. The van der Waals surface area contributed by atoms with E-state index >= 15 is 0 Å². The lowest BCUT2D eigenvalue weighted by Gasteiger charge is -2.13. The van der Waals surface area contributed by atoms with Crippen molar-refractivity contribution in [1.82, 2.24) is 0 Å². The van der Waals surface area contributed by atoms with Crippen LogP contribution in [-0.2, 0) is 4.79 Å². The maximum Gasteiger partial charge on any atom is 0.326 e. The number of carboxylic acids is 1. The summed E-state index contributed by atoms with van der Waals surface area (Å²) in [5.74, 6) is -1.36. The molecule has 82 valence electrons. The van der Waals surface area contributed by atoms with Crippen LogP contribution in [-0.4, -0.2) is 17.1 Å². The molecule has 0 aliphatic carbocycles. The quantitative estimate of drug-likeness (QED) is 0.889. The number of nitrogens with one attached hydrogen (secondary N) is 1. The Morgan fingerprint density at radius 1 is 1.60 bits per heavy atom. The van der Waals surface area contributed by atoms with E-state index in [4.69, 9.17) is 5.11 Å². The monoisotopic (exact) mass is 275 g/mol. The summed E-state index contributed by atoms with van der Waals surface area (Å²) in [5, 5.41) is 11.5. The number of anilines is 1. The van der Waals surface area contributed by atoms with E-state index in [9.17, 15) is 9.18 Å². The van der Waals surface area contributed by atoms with Gasteiger partial charge in [-0.05, 0) is 24.6 Å². The van der Waals surface area contributed by atoms with Gasteiger partial charge in [0.05, 0.1) is 0 Å². The number of hydrogen-bond donors (Lipinski definition) is 2. The summed E-state index contributed by atoms with van der Waals surface area (Å²) in [4.78, 5) is 10.7. The fraction of sp³-hybridized carbons (Fsp3) is 0.300. The van der Waals surface area contributed by atoms with E-state index in [0.29, 0.717) is 16.6 Å². The lowest BCUT2D eigenvalue weighted by Crippen LogP contribution is -2.28. The van der Waals surface area contributed by atoms with Crippen molar-refractivity contribution in [3.8, 4) is 0 Å². The van der Waals surface area contributed by atoms with E-state index in [2.05, 4.69) is 21.2 Å². The third-order valence-electron chi connectivity index (χ3n) is 1.91. The number of hydrogen-bond acceptors (Lipinski definition) is 2. The van der Waals surface area contributed by atoms with Crippen molar-refractivity contribution < 1.29 is 14.3 Å². The van der Waals surface area contributed by atoms with Gasteiger partial charge >= 0.3 is 5.97 Å². The van der Waals surface area contributed by atoms with Crippen LogP contribution in [0.1, 0.15) is 13.3 Å². The van der Waals surface area contributed by atoms with Gasteiger partial charge in [-0.2, -0.15) is 0 Å². The Kier molecular flexibility index (Phi) is 4.08. The molecular weight excluding hydrogens is 265 g/mol. The van der Waals surface area contributed by atoms with Crippen LogP contribution < -0.4 is 5.32 Å². The zero-order valence-electron chi connectivity index (χ0n) is 8.13. The smallest absolute Gasteiger partial charge is 0.326 e. The van der Waals surface area contributed by atoms with Gasteiger partial charge in [-0.15, -0.1) is 0 Å². The van der Waals surface area contributed by atoms with Crippen molar-refractivity contribution in [1.29, 1.82) is 0 Å². The molecule has 0 radical (unpaired) electrons. The summed E-state index contributed by atoms with van der Waals surface area (Å²) in [6, 6.07) is 3.51. The summed E-state index contributed by atoms with van der Waals surface area (Å²) >= 11 is 3.13. The first-order chi connectivity index (χ1) is 7.02. The molecule has 0 saturated carbocycles. The van der Waals surface area contributed by atoms with Crippen molar-refractivity contribution in [3.05, 3.63) is 28.5 Å². The lowest BCUT2D eigenvalue weighted by atomic mass is 10.2. The predicted molar refractivity (Wildman–Crippen MR) is 59.4 cm³/mol. The van der Waals surface area contributed by atoms with Crippen LogP contribution in [0.2, 0.25) is 0 Å². The first kappa shape index (κ1) is 12.0. The highest BCUT2D eigenvalue weighted by atomic mass is 79.9. The molecule has 5 heteroatoms. The van der Waals surface area contributed by atoms with Crippen LogP contribution in [0, 0.1) is 5.82 Å². The number of rotatable bonds is 4. The molecule has 1 rings (SSSR count). The zero-order valence-corrected chi connectivity index (χ0v) is 9.71. The predicted octanol–water partition coefficient (Wildman–Crippen LogP) is 2.86. The summed E-state index contributed by atoms with van der Waals surface area (Å²) in [6.07, 6.45) is 0.434. The second-order valence-electron chi connectivity index (χ2n) is 3.10. The SMILES string of the molecule is CCC(Nc1cc(F)cc(Br)c1)C(=O)O. The molecule has 1 aromatic carbocycles. The largest absolute Gasteiger partial charge is 0.480 e. The molecule has 1 atom stereocenters. The fourth-order valence-corrected chi connectivity index (χ4v) is 1.64. The number of benzene rings is 1. The van der Waals surface area contributed by atoms with E-state index in [1.54, 1.807) is 13.0 Å². The van der Waals surface area contributed by atoms with Crippen molar-refractivity contribution in [2.75, 3.05) is 5.32 Å². The van der Waals surface area contributed by atoms with Gasteiger partial charge in [0, 0.05) is 10.2 Å². The molecule has 0 saturated heterocycles. The molecule has 1 unspecified atom stereocenters. The minimum absolute atomic E-state index is 0.410. The Hall–Kier alpha value is -1.10. The van der Waals surface area contributed by atoms with Crippen LogP contribution in [0.3, 0.4) is 0 Å². The molecule has 0 bridgehead atoms. The van der Waals surface area contributed by atoms with Crippen LogP contribution in [0.5, 0.6) is 0 Å². The molecule has 0 spiro atoms. The van der Waals surface area contributed by atoms with Crippen LogP contribution in [0.15, 0.2) is 22.7 Å². The molecule has 0 aliphatic rings. The second-order valence-corrected chi connectivity index (χ2v) is 4.02. The maximum absolute atomic E-state index is 13.0. The van der Waals surface area contributed by atoms with Crippen LogP contribution >= 0.6 is 15.9 Å². The third kappa shape index (κ3) is 3.51. The van der Waals surface area contributed by atoms with Gasteiger partial charge in [0.15, 0.2) is 0 Å². The van der Waals surface area contributed by atoms with E-state index in [0.717, 1.165) is 0 Å². The van der Waals surface area contributed by atoms with Gasteiger partial charge in [-0.25, -0.2) is 9.18 Å². The molecule has 0 heterocycles. The lowest BCUT2D eigenvalue weighted by molar-refractivity contribution is -0.137. The highest BCUT2D eigenvalue weighted by molar-refractivity contribution is 9.10. The maximum atomic E-state index is 13.0. The molecule has 0 aromatic heterocycles. The van der Waals surface area contributed by atoms with E-state index in [1.807, 2.05) is 0 Å². The van der Waals surface area contributed by atoms with Crippen molar-refractivity contribution in [2.45, 2.75) is 19.4 Å². The summed E-state index contributed by atoms with van der Waals surface area (Å²) in [5.41, 5.74) is 0.455. The zero-order chi connectivity index (χ0) is 11.4. The van der Waals surface area contributed by atoms with Crippen molar-refractivity contribution in [3.63, 3.8) is 0 Å². The number of aliphatic carboxylic acids is 1. The summed E-state index contributed by atoms with van der Waals surface area (Å²) < 4.78 is 13.5. The Balaban J connectivity index is 2.83. The number of carboxylic acid groups (broad SMARTS) is 1. The molecule has 15 heavy (non-hydrogen) atoms. The first-order valence-corrected chi connectivity index (χ1v) is 5.27. The Labute approximate surface area is 95.4 Å². The van der Waals surface area contributed by atoms with Crippen molar-refractivity contribution in [2.24, 2.45) is 0 Å². The second kappa shape index (κ2) is 5.11. The minimum atomic E-state index is -0.946. The molecule has 0 fully saturated rings.